The molecule has 128 valence electrons. The molecular weight excluding hydrogens is 320 g/mol. The van der Waals surface area contributed by atoms with Crippen molar-refractivity contribution in [2.75, 3.05) is 4.90 Å². The van der Waals surface area contributed by atoms with Crippen molar-refractivity contribution in [2.45, 2.75) is 39.7 Å². The molecule has 1 atom stereocenters. The Morgan fingerprint density at radius 2 is 1.88 bits per heavy atom. The third kappa shape index (κ3) is 2.54. The molecule has 0 amide bonds. The fraction of sp³-hybridized carbons (Fsp3) is 0.300. The van der Waals surface area contributed by atoms with E-state index in [0.717, 1.165) is 29.9 Å². The maximum Gasteiger partial charge on any atom is 0.148 e. The fourth-order valence-electron chi connectivity index (χ4n) is 3.73. The van der Waals surface area contributed by atoms with Crippen molar-refractivity contribution in [2.24, 2.45) is 4.99 Å². The zero-order chi connectivity index (χ0) is 17.7. The first-order valence-corrected chi connectivity index (χ1v) is 8.44. The Labute approximate surface area is 145 Å². The molecule has 1 unspecified atom stereocenters. The third-order valence-corrected chi connectivity index (χ3v) is 4.89. The van der Waals surface area contributed by atoms with Gasteiger partial charge in [-0.2, -0.15) is 0 Å². The van der Waals surface area contributed by atoms with Crippen molar-refractivity contribution in [3.63, 3.8) is 0 Å². The minimum absolute atomic E-state index is 0.121. The molecule has 0 aliphatic carbocycles. The van der Waals surface area contributed by atoms with Gasteiger partial charge in [0.25, 0.3) is 0 Å². The summed E-state index contributed by atoms with van der Waals surface area (Å²) < 4.78 is 28.9. The second-order valence-electron chi connectivity index (χ2n) is 6.69. The molecule has 1 aromatic carbocycles. The lowest BCUT2D eigenvalue weighted by molar-refractivity contribution is 0.612. The number of aliphatic imine (C=N–C) groups is 1. The van der Waals surface area contributed by atoms with E-state index < -0.39 is 0 Å². The number of allylic oxidation sites excluding steroid dienone is 1. The van der Waals surface area contributed by atoms with Crippen LogP contribution >= 0.6 is 0 Å². The maximum absolute atomic E-state index is 15.1. The van der Waals surface area contributed by atoms with Crippen molar-refractivity contribution in [3.05, 3.63) is 59.1 Å². The van der Waals surface area contributed by atoms with Gasteiger partial charge in [0.05, 0.1) is 17.9 Å². The minimum Gasteiger partial charge on any atom is -0.300 e. The van der Waals surface area contributed by atoms with Crippen LogP contribution in [0, 0.1) is 18.6 Å². The Morgan fingerprint density at radius 1 is 1.08 bits per heavy atom. The van der Waals surface area contributed by atoms with Gasteiger partial charge >= 0.3 is 0 Å². The van der Waals surface area contributed by atoms with Crippen molar-refractivity contribution < 1.29 is 8.78 Å². The molecule has 5 heteroatoms. The number of pyridine rings is 1. The van der Waals surface area contributed by atoms with E-state index >= 15 is 4.39 Å². The number of hydrogen-bond acceptors (Lipinski definition) is 3. The fourth-order valence-corrected chi connectivity index (χ4v) is 3.73. The minimum atomic E-state index is -0.381. The van der Waals surface area contributed by atoms with Gasteiger partial charge in [-0.1, -0.05) is 0 Å². The van der Waals surface area contributed by atoms with Crippen molar-refractivity contribution in [3.8, 4) is 11.1 Å². The number of anilines is 1. The molecule has 2 aliphatic heterocycles. The molecule has 0 fully saturated rings. The average molecular weight is 339 g/mol. The van der Waals surface area contributed by atoms with E-state index in [1.165, 1.54) is 12.3 Å². The van der Waals surface area contributed by atoms with Gasteiger partial charge in [0, 0.05) is 23.9 Å². The van der Waals surface area contributed by atoms with Crippen molar-refractivity contribution >= 4 is 11.5 Å². The first-order chi connectivity index (χ1) is 12.0. The van der Waals surface area contributed by atoms with E-state index in [9.17, 15) is 4.39 Å². The van der Waals surface area contributed by atoms with E-state index in [2.05, 4.69) is 9.98 Å². The number of fused-ring (bicyclic) bond motifs is 3. The summed E-state index contributed by atoms with van der Waals surface area (Å²) in [6, 6.07) is 3.54. The number of rotatable bonds is 1. The lowest BCUT2D eigenvalue weighted by Crippen LogP contribution is -2.38. The molecule has 0 radical (unpaired) electrons. The molecule has 4 rings (SSSR count). The number of nitrogens with zero attached hydrogens (tertiary/aromatic N) is 3. The highest BCUT2D eigenvalue weighted by Gasteiger charge is 2.30. The molecule has 3 heterocycles. The molecule has 0 saturated carbocycles. The van der Waals surface area contributed by atoms with E-state index in [4.69, 9.17) is 0 Å². The second-order valence-corrected chi connectivity index (χ2v) is 6.69. The molecule has 2 aliphatic rings. The van der Waals surface area contributed by atoms with E-state index in [-0.39, 0.29) is 17.7 Å². The monoisotopic (exact) mass is 339 g/mol. The van der Waals surface area contributed by atoms with Crippen LogP contribution in [0.3, 0.4) is 0 Å². The molecular formula is C20H19F2N3. The Kier molecular flexibility index (Phi) is 3.67. The van der Waals surface area contributed by atoms with Crippen molar-refractivity contribution in [1.29, 1.82) is 0 Å². The number of halogens is 2. The zero-order valence-electron chi connectivity index (χ0n) is 14.5. The molecule has 2 aromatic rings. The molecule has 3 nitrogen and oxygen atoms in total. The van der Waals surface area contributed by atoms with Crippen LogP contribution in [0.15, 0.2) is 41.3 Å². The number of hydrogen-bond donors (Lipinski definition) is 0. The normalized spacial score (nSPS) is 19.1. The summed E-state index contributed by atoms with van der Waals surface area (Å²) >= 11 is 0. The van der Waals surface area contributed by atoms with Gasteiger partial charge in [0.2, 0.25) is 0 Å². The van der Waals surface area contributed by atoms with Gasteiger partial charge in [0.1, 0.15) is 17.5 Å². The Morgan fingerprint density at radius 3 is 2.68 bits per heavy atom. The number of benzene rings is 1. The number of aromatic nitrogens is 1. The third-order valence-electron chi connectivity index (χ3n) is 4.89. The molecule has 1 aromatic heterocycles. The summed E-state index contributed by atoms with van der Waals surface area (Å²) in [5, 5.41) is 0. The van der Waals surface area contributed by atoms with Gasteiger partial charge < -0.3 is 0 Å². The van der Waals surface area contributed by atoms with Crippen LogP contribution in [0.1, 0.15) is 31.4 Å². The smallest absolute Gasteiger partial charge is 0.148 e. The standard InChI is InChI=1S/C20H19F2N3/c1-11-6-12(2)25-19(24-11)5-4-14-7-15(8-17(21)20(14)25)16-9-23-10-18(22)13(16)3/h6-11H,4-5H2,1-3H3. The Bertz CT molecular complexity index is 931. The second kappa shape index (κ2) is 5.76. The largest absolute Gasteiger partial charge is 0.300 e. The molecule has 25 heavy (non-hydrogen) atoms. The quantitative estimate of drug-likeness (QED) is 0.747. The van der Waals surface area contributed by atoms with E-state index in [0.29, 0.717) is 22.4 Å². The summed E-state index contributed by atoms with van der Waals surface area (Å²) in [5.41, 5.74) is 4.24. The summed E-state index contributed by atoms with van der Waals surface area (Å²) in [6.45, 7) is 5.70. The SMILES string of the molecule is CC1=CC(C)N=C2CCc3cc(-c4cncc(F)c4C)cc(F)c3N12. The van der Waals surface area contributed by atoms with Gasteiger partial charge in [-0.05, 0) is 62.1 Å². The van der Waals surface area contributed by atoms with Crippen LogP contribution < -0.4 is 4.90 Å². The highest BCUT2D eigenvalue weighted by molar-refractivity contribution is 6.04. The maximum atomic E-state index is 15.1. The van der Waals surface area contributed by atoms with Crippen molar-refractivity contribution in [1.82, 2.24) is 4.98 Å². The average Bonchev–Trinajstić information content (AvgIpc) is 2.56. The highest BCUT2D eigenvalue weighted by atomic mass is 19.1. The molecule has 0 N–H and O–H groups in total. The lowest BCUT2D eigenvalue weighted by atomic mass is 9.93. The summed E-state index contributed by atoms with van der Waals surface area (Å²) in [4.78, 5) is 10.5. The molecule has 0 bridgehead atoms. The lowest BCUT2D eigenvalue weighted by Gasteiger charge is -2.36. The highest BCUT2D eigenvalue weighted by Crippen LogP contribution is 2.39. The summed E-state index contributed by atoms with van der Waals surface area (Å²) in [5.74, 6) is 0.218. The van der Waals surface area contributed by atoms with Gasteiger partial charge in [-0.25, -0.2) is 8.78 Å². The van der Waals surface area contributed by atoms with Crippen LogP contribution in [-0.4, -0.2) is 16.9 Å². The Hall–Kier alpha value is -2.56. The van der Waals surface area contributed by atoms with Gasteiger partial charge in [0.15, 0.2) is 0 Å². The van der Waals surface area contributed by atoms with Gasteiger partial charge in [-0.15, -0.1) is 0 Å². The first kappa shape index (κ1) is 15.9. The van der Waals surface area contributed by atoms with E-state index in [1.807, 2.05) is 30.9 Å². The number of aryl methyl sites for hydroxylation is 1. The van der Waals surface area contributed by atoms with E-state index in [1.54, 1.807) is 13.1 Å². The van der Waals surface area contributed by atoms with Crippen LogP contribution in [0.5, 0.6) is 0 Å². The number of amidine groups is 1. The zero-order valence-corrected chi connectivity index (χ0v) is 14.5. The molecule has 0 spiro atoms. The van der Waals surface area contributed by atoms with Crippen LogP contribution in [-0.2, 0) is 6.42 Å². The topological polar surface area (TPSA) is 28.5 Å². The summed E-state index contributed by atoms with van der Waals surface area (Å²) in [6.07, 6.45) is 6.29. The first-order valence-electron chi connectivity index (χ1n) is 8.44. The van der Waals surface area contributed by atoms with Crippen LogP contribution in [0.4, 0.5) is 14.5 Å². The Balaban J connectivity index is 1.86. The van der Waals surface area contributed by atoms with Crippen LogP contribution in [0.2, 0.25) is 0 Å². The van der Waals surface area contributed by atoms with Crippen LogP contribution in [0.25, 0.3) is 11.1 Å². The predicted octanol–water partition coefficient (Wildman–Crippen LogP) is 4.79. The predicted molar refractivity (Wildman–Crippen MR) is 95.8 cm³/mol. The van der Waals surface area contributed by atoms with Gasteiger partial charge in [-0.3, -0.25) is 14.9 Å². The summed E-state index contributed by atoms with van der Waals surface area (Å²) in [7, 11) is 0. The molecule has 0 saturated heterocycles.